The molecule has 0 bridgehead atoms. The van der Waals surface area contributed by atoms with E-state index in [1.807, 2.05) is 54.6 Å². The second kappa shape index (κ2) is 7.09. The molecule has 2 rings (SSSR count). The van der Waals surface area contributed by atoms with Crippen LogP contribution in [-0.4, -0.2) is 25.5 Å². The second-order valence-corrected chi connectivity index (χ2v) is 4.39. The highest BCUT2D eigenvalue weighted by atomic mass is 16.2. The third-order valence-corrected chi connectivity index (χ3v) is 2.95. The van der Waals surface area contributed by atoms with Gasteiger partial charge in [-0.15, -0.1) is 0 Å². The van der Waals surface area contributed by atoms with E-state index in [1.54, 1.807) is 0 Å². The Kier molecular flexibility index (Phi) is 4.93. The topological polar surface area (TPSA) is 70.2 Å². The number of rotatable bonds is 4. The van der Waals surface area contributed by atoms with Crippen LogP contribution < -0.4 is 16.0 Å². The summed E-state index contributed by atoms with van der Waals surface area (Å²) in [4.78, 5) is 22.9. The molecule has 0 heterocycles. The smallest absolute Gasteiger partial charge is 0.319 e. The predicted molar refractivity (Wildman–Crippen MR) is 83.0 cm³/mol. The van der Waals surface area contributed by atoms with Gasteiger partial charge in [-0.05, 0) is 11.6 Å². The number of benzene rings is 2. The van der Waals surface area contributed by atoms with Gasteiger partial charge in [-0.3, -0.25) is 4.79 Å². The van der Waals surface area contributed by atoms with Gasteiger partial charge in [-0.25, -0.2) is 4.79 Å². The van der Waals surface area contributed by atoms with Gasteiger partial charge in [0.15, 0.2) is 0 Å². The van der Waals surface area contributed by atoms with Gasteiger partial charge in [0, 0.05) is 12.6 Å². The Morgan fingerprint density at radius 3 is 2.33 bits per heavy atom. The Balaban J connectivity index is 2.11. The SMILES string of the molecule is CNC(=O)CNC(=O)Nc1ccccc1-c1ccccc1. The molecule has 0 atom stereocenters. The van der Waals surface area contributed by atoms with Crippen LogP contribution in [0.3, 0.4) is 0 Å². The molecule has 3 amide bonds. The lowest BCUT2D eigenvalue weighted by Gasteiger charge is -2.12. The van der Waals surface area contributed by atoms with E-state index in [0.29, 0.717) is 5.69 Å². The van der Waals surface area contributed by atoms with Crippen molar-refractivity contribution >= 4 is 17.6 Å². The van der Waals surface area contributed by atoms with Crippen molar-refractivity contribution in [3.63, 3.8) is 0 Å². The largest absolute Gasteiger partial charge is 0.358 e. The summed E-state index contributed by atoms with van der Waals surface area (Å²) in [6.07, 6.45) is 0. The fourth-order valence-corrected chi connectivity index (χ4v) is 1.88. The molecule has 0 aliphatic rings. The molecular formula is C16H17N3O2. The lowest BCUT2D eigenvalue weighted by Crippen LogP contribution is -2.37. The number of carbonyl (C=O) groups excluding carboxylic acids is 2. The summed E-state index contributed by atoms with van der Waals surface area (Å²) >= 11 is 0. The van der Waals surface area contributed by atoms with E-state index in [2.05, 4.69) is 16.0 Å². The van der Waals surface area contributed by atoms with Gasteiger partial charge in [0.25, 0.3) is 0 Å². The maximum Gasteiger partial charge on any atom is 0.319 e. The van der Waals surface area contributed by atoms with E-state index in [0.717, 1.165) is 11.1 Å². The predicted octanol–water partition coefficient (Wildman–Crippen LogP) is 2.22. The molecule has 0 unspecified atom stereocenters. The zero-order chi connectivity index (χ0) is 15.1. The molecule has 21 heavy (non-hydrogen) atoms. The summed E-state index contributed by atoms with van der Waals surface area (Å²) in [6.45, 7) is -0.0597. The molecular weight excluding hydrogens is 266 g/mol. The zero-order valence-corrected chi connectivity index (χ0v) is 11.7. The molecule has 0 saturated carbocycles. The van der Waals surface area contributed by atoms with Crippen LogP contribution in [0, 0.1) is 0 Å². The van der Waals surface area contributed by atoms with Gasteiger partial charge < -0.3 is 16.0 Å². The summed E-state index contributed by atoms with van der Waals surface area (Å²) in [5.74, 6) is -0.249. The molecule has 2 aromatic rings. The van der Waals surface area contributed by atoms with E-state index < -0.39 is 6.03 Å². The fourth-order valence-electron chi connectivity index (χ4n) is 1.88. The number of carbonyl (C=O) groups is 2. The van der Waals surface area contributed by atoms with E-state index >= 15 is 0 Å². The molecule has 0 fully saturated rings. The Bertz CT molecular complexity index is 626. The number of urea groups is 1. The number of anilines is 1. The molecule has 0 spiro atoms. The number of nitrogens with one attached hydrogen (secondary N) is 3. The number of likely N-dealkylation sites (N-methyl/N-ethyl adjacent to an activating group) is 1. The van der Waals surface area contributed by atoms with Crippen molar-refractivity contribution in [3.05, 3.63) is 54.6 Å². The van der Waals surface area contributed by atoms with E-state index in [1.165, 1.54) is 7.05 Å². The number of amides is 3. The quantitative estimate of drug-likeness (QED) is 0.805. The molecule has 0 aliphatic heterocycles. The van der Waals surface area contributed by atoms with Gasteiger partial charge in [0.1, 0.15) is 0 Å². The minimum Gasteiger partial charge on any atom is -0.358 e. The first-order valence-corrected chi connectivity index (χ1v) is 6.60. The number of hydrogen-bond donors (Lipinski definition) is 3. The monoisotopic (exact) mass is 283 g/mol. The van der Waals surface area contributed by atoms with Crippen LogP contribution in [0.5, 0.6) is 0 Å². The van der Waals surface area contributed by atoms with Crippen molar-refractivity contribution in [2.75, 3.05) is 18.9 Å². The Labute approximate surface area is 123 Å². The number of para-hydroxylation sites is 1. The first kappa shape index (κ1) is 14.6. The molecule has 0 saturated heterocycles. The van der Waals surface area contributed by atoms with Gasteiger partial charge in [0.2, 0.25) is 5.91 Å². The van der Waals surface area contributed by atoms with Crippen molar-refractivity contribution in [1.82, 2.24) is 10.6 Å². The standard InChI is InChI=1S/C16H17N3O2/c1-17-15(20)11-18-16(21)19-14-10-6-5-9-13(14)12-7-3-2-4-8-12/h2-10H,11H2,1H3,(H,17,20)(H2,18,19,21). The van der Waals surface area contributed by atoms with Gasteiger partial charge in [-0.2, -0.15) is 0 Å². The lowest BCUT2D eigenvalue weighted by atomic mass is 10.0. The van der Waals surface area contributed by atoms with Crippen LogP contribution in [-0.2, 0) is 4.79 Å². The Morgan fingerprint density at radius 1 is 0.952 bits per heavy atom. The summed E-state index contributed by atoms with van der Waals surface area (Å²) < 4.78 is 0. The Hall–Kier alpha value is -2.82. The first-order valence-electron chi connectivity index (χ1n) is 6.60. The summed E-state index contributed by atoms with van der Waals surface area (Å²) in [7, 11) is 1.52. The fraction of sp³-hybridized carbons (Fsp3) is 0.125. The number of hydrogen-bond acceptors (Lipinski definition) is 2. The summed E-state index contributed by atoms with van der Waals surface area (Å²) in [5, 5.41) is 7.70. The highest BCUT2D eigenvalue weighted by molar-refractivity contribution is 5.96. The molecule has 0 aromatic heterocycles. The lowest BCUT2D eigenvalue weighted by molar-refractivity contribution is -0.119. The minimum absolute atomic E-state index is 0.0597. The van der Waals surface area contributed by atoms with Crippen LogP contribution in [0.15, 0.2) is 54.6 Å². The van der Waals surface area contributed by atoms with Crippen molar-refractivity contribution in [1.29, 1.82) is 0 Å². The van der Waals surface area contributed by atoms with Crippen LogP contribution >= 0.6 is 0 Å². The van der Waals surface area contributed by atoms with Gasteiger partial charge in [0.05, 0.1) is 12.2 Å². The van der Waals surface area contributed by atoms with Crippen LogP contribution in [0.1, 0.15) is 0 Å². The summed E-state index contributed by atoms with van der Waals surface area (Å²) in [5.41, 5.74) is 2.63. The normalized spacial score (nSPS) is 9.76. The second-order valence-electron chi connectivity index (χ2n) is 4.39. The van der Waals surface area contributed by atoms with Crippen molar-refractivity contribution in [3.8, 4) is 11.1 Å². The van der Waals surface area contributed by atoms with E-state index in [4.69, 9.17) is 0 Å². The van der Waals surface area contributed by atoms with Crippen LogP contribution in [0.4, 0.5) is 10.5 Å². The molecule has 0 radical (unpaired) electrons. The van der Waals surface area contributed by atoms with Crippen molar-refractivity contribution < 1.29 is 9.59 Å². The summed E-state index contributed by atoms with van der Waals surface area (Å²) in [6, 6.07) is 16.9. The van der Waals surface area contributed by atoms with Gasteiger partial charge >= 0.3 is 6.03 Å². The molecule has 5 nitrogen and oxygen atoms in total. The highest BCUT2D eigenvalue weighted by Gasteiger charge is 2.08. The molecule has 0 aliphatic carbocycles. The highest BCUT2D eigenvalue weighted by Crippen LogP contribution is 2.27. The van der Waals surface area contributed by atoms with E-state index in [-0.39, 0.29) is 12.5 Å². The minimum atomic E-state index is -0.415. The first-order chi connectivity index (χ1) is 10.2. The molecule has 3 N–H and O–H groups in total. The zero-order valence-electron chi connectivity index (χ0n) is 11.7. The van der Waals surface area contributed by atoms with Crippen LogP contribution in [0.25, 0.3) is 11.1 Å². The van der Waals surface area contributed by atoms with Crippen molar-refractivity contribution in [2.45, 2.75) is 0 Å². The maximum absolute atomic E-state index is 11.8. The van der Waals surface area contributed by atoms with Crippen LogP contribution in [0.2, 0.25) is 0 Å². The van der Waals surface area contributed by atoms with Gasteiger partial charge in [-0.1, -0.05) is 48.5 Å². The third kappa shape index (κ3) is 4.07. The van der Waals surface area contributed by atoms with E-state index in [9.17, 15) is 9.59 Å². The molecule has 2 aromatic carbocycles. The average Bonchev–Trinajstić information content (AvgIpc) is 2.54. The maximum atomic E-state index is 11.8. The third-order valence-electron chi connectivity index (χ3n) is 2.95. The molecule has 108 valence electrons. The average molecular weight is 283 g/mol. The Morgan fingerprint density at radius 2 is 1.62 bits per heavy atom. The molecule has 5 heteroatoms. The van der Waals surface area contributed by atoms with Crippen molar-refractivity contribution in [2.24, 2.45) is 0 Å².